The van der Waals surface area contributed by atoms with Crippen molar-refractivity contribution < 1.29 is 0 Å². The molecule has 1 aliphatic rings. The number of hydrogen-bond acceptors (Lipinski definition) is 2. The first-order valence-corrected chi connectivity index (χ1v) is 5.74. The second-order valence-corrected chi connectivity index (χ2v) is 4.34. The van der Waals surface area contributed by atoms with Crippen molar-refractivity contribution in [3.8, 4) is 0 Å². The van der Waals surface area contributed by atoms with Crippen molar-refractivity contribution in [3.05, 3.63) is 0 Å². The molecule has 0 aromatic rings. The zero-order chi connectivity index (χ0) is 9.68. The lowest BCUT2D eigenvalue weighted by Crippen LogP contribution is -2.42. The first-order valence-electron chi connectivity index (χ1n) is 5.74. The molecule has 1 saturated heterocycles. The van der Waals surface area contributed by atoms with E-state index >= 15 is 0 Å². The molecule has 78 valence electrons. The summed E-state index contributed by atoms with van der Waals surface area (Å²) >= 11 is 0. The van der Waals surface area contributed by atoms with Crippen LogP contribution in [0.3, 0.4) is 0 Å². The summed E-state index contributed by atoms with van der Waals surface area (Å²) in [5, 5.41) is 0. The van der Waals surface area contributed by atoms with Gasteiger partial charge in [-0.2, -0.15) is 0 Å². The van der Waals surface area contributed by atoms with Gasteiger partial charge in [0.15, 0.2) is 0 Å². The molecule has 1 rings (SSSR count). The molecular weight excluding hydrogens is 160 g/mol. The summed E-state index contributed by atoms with van der Waals surface area (Å²) in [5.74, 6) is 0.929. The molecule has 0 amide bonds. The molecule has 13 heavy (non-hydrogen) atoms. The summed E-state index contributed by atoms with van der Waals surface area (Å²) in [5.41, 5.74) is 5.95. The van der Waals surface area contributed by atoms with Crippen molar-refractivity contribution >= 4 is 0 Å². The Morgan fingerprint density at radius 2 is 2.23 bits per heavy atom. The maximum Gasteiger partial charge on any atom is 0.0165 e. The molecule has 2 nitrogen and oxygen atoms in total. The number of likely N-dealkylation sites (tertiary alicyclic amines) is 1. The van der Waals surface area contributed by atoms with E-state index in [0.29, 0.717) is 6.04 Å². The van der Waals surface area contributed by atoms with Crippen molar-refractivity contribution in [2.24, 2.45) is 11.7 Å². The molecule has 0 aliphatic carbocycles. The monoisotopic (exact) mass is 184 g/mol. The summed E-state index contributed by atoms with van der Waals surface area (Å²) in [6, 6.07) is 0.385. The Morgan fingerprint density at radius 3 is 2.85 bits per heavy atom. The minimum absolute atomic E-state index is 0.385. The third-order valence-electron chi connectivity index (χ3n) is 3.20. The molecule has 0 bridgehead atoms. The molecule has 1 heterocycles. The van der Waals surface area contributed by atoms with Gasteiger partial charge in [-0.1, -0.05) is 20.3 Å². The lowest BCUT2D eigenvalue weighted by atomic mass is 9.95. The average molecular weight is 184 g/mol. The maximum atomic E-state index is 5.95. The van der Waals surface area contributed by atoms with Gasteiger partial charge in [0.05, 0.1) is 0 Å². The highest BCUT2D eigenvalue weighted by atomic mass is 15.1. The standard InChI is InChI=1S/C11H24N2/c1-3-10-6-5-7-13(8-10)9-11(12)4-2/h10-11H,3-9,12H2,1-2H3. The van der Waals surface area contributed by atoms with E-state index in [9.17, 15) is 0 Å². The molecule has 2 heteroatoms. The molecule has 2 N–H and O–H groups in total. The van der Waals surface area contributed by atoms with Crippen LogP contribution in [0.5, 0.6) is 0 Å². The lowest BCUT2D eigenvalue weighted by Gasteiger charge is -2.33. The van der Waals surface area contributed by atoms with Crippen LogP contribution in [0.1, 0.15) is 39.5 Å². The maximum absolute atomic E-state index is 5.95. The minimum Gasteiger partial charge on any atom is -0.327 e. The summed E-state index contributed by atoms with van der Waals surface area (Å²) < 4.78 is 0. The van der Waals surface area contributed by atoms with Crippen LogP contribution in [-0.4, -0.2) is 30.6 Å². The van der Waals surface area contributed by atoms with Gasteiger partial charge in [-0.25, -0.2) is 0 Å². The Balaban J connectivity index is 2.25. The fourth-order valence-corrected chi connectivity index (χ4v) is 2.11. The second-order valence-electron chi connectivity index (χ2n) is 4.34. The molecule has 0 saturated carbocycles. The highest BCUT2D eigenvalue weighted by Gasteiger charge is 2.19. The topological polar surface area (TPSA) is 29.3 Å². The number of hydrogen-bond donors (Lipinski definition) is 1. The molecule has 0 radical (unpaired) electrons. The lowest BCUT2D eigenvalue weighted by molar-refractivity contribution is 0.162. The Kier molecular flexibility index (Phi) is 4.74. The fourth-order valence-electron chi connectivity index (χ4n) is 2.11. The van der Waals surface area contributed by atoms with Crippen molar-refractivity contribution in [3.63, 3.8) is 0 Å². The number of rotatable bonds is 4. The Labute approximate surface area is 82.5 Å². The van der Waals surface area contributed by atoms with Gasteiger partial charge in [-0.15, -0.1) is 0 Å². The number of nitrogens with zero attached hydrogens (tertiary/aromatic N) is 1. The van der Waals surface area contributed by atoms with Gasteiger partial charge < -0.3 is 10.6 Å². The van der Waals surface area contributed by atoms with Gasteiger partial charge in [-0.3, -0.25) is 0 Å². The molecular formula is C11H24N2. The summed E-state index contributed by atoms with van der Waals surface area (Å²) in [6.45, 7) is 8.13. The first-order chi connectivity index (χ1) is 6.26. The molecule has 1 fully saturated rings. The Hall–Kier alpha value is -0.0800. The van der Waals surface area contributed by atoms with E-state index < -0.39 is 0 Å². The highest BCUT2D eigenvalue weighted by molar-refractivity contribution is 4.75. The van der Waals surface area contributed by atoms with E-state index in [1.807, 2.05) is 0 Å². The Bertz CT molecular complexity index is 134. The smallest absolute Gasteiger partial charge is 0.0165 e. The summed E-state index contributed by atoms with van der Waals surface area (Å²) in [7, 11) is 0. The molecule has 2 unspecified atom stereocenters. The van der Waals surface area contributed by atoms with Crippen LogP contribution in [0.25, 0.3) is 0 Å². The summed E-state index contributed by atoms with van der Waals surface area (Å²) in [6.07, 6.45) is 5.23. The Morgan fingerprint density at radius 1 is 1.46 bits per heavy atom. The van der Waals surface area contributed by atoms with Gasteiger partial charge in [0, 0.05) is 19.1 Å². The van der Waals surface area contributed by atoms with E-state index in [-0.39, 0.29) is 0 Å². The quantitative estimate of drug-likeness (QED) is 0.722. The minimum atomic E-state index is 0.385. The fraction of sp³-hybridized carbons (Fsp3) is 1.00. The largest absolute Gasteiger partial charge is 0.327 e. The predicted octanol–water partition coefficient (Wildman–Crippen LogP) is 1.85. The normalized spacial score (nSPS) is 27.5. The van der Waals surface area contributed by atoms with Crippen LogP contribution in [0.4, 0.5) is 0 Å². The van der Waals surface area contributed by atoms with Gasteiger partial charge in [0.2, 0.25) is 0 Å². The van der Waals surface area contributed by atoms with Gasteiger partial charge in [-0.05, 0) is 31.7 Å². The summed E-state index contributed by atoms with van der Waals surface area (Å²) in [4.78, 5) is 2.55. The van der Waals surface area contributed by atoms with Crippen LogP contribution in [-0.2, 0) is 0 Å². The van der Waals surface area contributed by atoms with Gasteiger partial charge in [0.25, 0.3) is 0 Å². The zero-order valence-electron chi connectivity index (χ0n) is 9.13. The second kappa shape index (κ2) is 5.61. The van der Waals surface area contributed by atoms with E-state index in [0.717, 1.165) is 18.9 Å². The first kappa shape index (κ1) is 11.0. The van der Waals surface area contributed by atoms with Gasteiger partial charge in [0.1, 0.15) is 0 Å². The highest BCUT2D eigenvalue weighted by Crippen LogP contribution is 2.18. The van der Waals surface area contributed by atoms with Crippen LogP contribution in [0.15, 0.2) is 0 Å². The molecule has 2 atom stereocenters. The van der Waals surface area contributed by atoms with Crippen LogP contribution in [0.2, 0.25) is 0 Å². The van der Waals surface area contributed by atoms with Crippen LogP contribution >= 0.6 is 0 Å². The number of nitrogens with two attached hydrogens (primary N) is 1. The third-order valence-corrected chi connectivity index (χ3v) is 3.20. The van der Waals surface area contributed by atoms with E-state index in [2.05, 4.69) is 18.7 Å². The van der Waals surface area contributed by atoms with E-state index in [4.69, 9.17) is 5.73 Å². The van der Waals surface area contributed by atoms with Crippen molar-refractivity contribution in [2.75, 3.05) is 19.6 Å². The van der Waals surface area contributed by atoms with E-state index in [1.54, 1.807) is 0 Å². The third kappa shape index (κ3) is 3.65. The van der Waals surface area contributed by atoms with Gasteiger partial charge >= 0.3 is 0 Å². The van der Waals surface area contributed by atoms with E-state index in [1.165, 1.54) is 32.4 Å². The predicted molar refractivity (Wildman–Crippen MR) is 57.7 cm³/mol. The molecule has 0 spiro atoms. The van der Waals surface area contributed by atoms with Crippen molar-refractivity contribution in [2.45, 2.75) is 45.6 Å². The van der Waals surface area contributed by atoms with Crippen molar-refractivity contribution in [1.29, 1.82) is 0 Å². The number of piperidine rings is 1. The van der Waals surface area contributed by atoms with Crippen molar-refractivity contribution in [1.82, 2.24) is 4.90 Å². The van der Waals surface area contributed by atoms with Crippen LogP contribution < -0.4 is 5.73 Å². The molecule has 1 aliphatic heterocycles. The molecule has 0 aromatic carbocycles. The molecule has 0 aromatic heterocycles. The van der Waals surface area contributed by atoms with Crippen LogP contribution in [0, 0.1) is 5.92 Å². The zero-order valence-corrected chi connectivity index (χ0v) is 9.13. The SMILES string of the molecule is CCC(N)CN1CCCC(CC)C1. The average Bonchev–Trinajstić information content (AvgIpc) is 2.18.